The highest BCUT2D eigenvalue weighted by atomic mass is 16.5. The fourth-order valence-electron chi connectivity index (χ4n) is 1.98. The van der Waals surface area contributed by atoms with Gasteiger partial charge in [0, 0.05) is 5.69 Å². The zero-order valence-electron chi connectivity index (χ0n) is 11.4. The van der Waals surface area contributed by atoms with Gasteiger partial charge in [0.25, 0.3) is 0 Å². The molecular weight excluding hydrogens is 260 g/mol. The maximum absolute atomic E-state index is 11.9. The van der Waals surface area contributed by atoms with E-state index in [4.69, 9.17) is 4.74 Å². The van der Waals surface area contributed by atoms with Crippen molar-refractivity contribution < 1.29 is 19.1 Å². The van der Waals surface area contributed by atoms with Crippen molar-refractivity contribution in [3.8, 4) is 0 Å². The van der Waals surface area contributed by atoms with Crippen LogP contribution < -0.4 is 10.2 Å². The zero-order chi connectivity index (χ0) is 14.7. The van der Waals surface area contributed by atoms with Gasteiger partial charge in [0.15, 0.2) is 0 Å². The molecule has 2 amide bonds. The standard InChI is InChI=1S/C14H16N2O4/c1-3-20-14(19)11-8-16(13(18)12(17)15-11)10-6-4-9(2)5-7-10/h4-7,11H,3,8H2,1-2H3,(H,15,17). The number of esters is 1. The van der Waals surface area contributed by atoms with Gasteiger partial charge >= 0.3 is 17.8 Å². The molecule has 0 saturated carbocycles. The van der Waals surface area contributed by atoms with Crippen LogP contribution in [-0.4, -0.2) is 37.0 Å². The van der Waals surface area contributed by atoms with Gasteiger partial charge < -0.3 is 15.0 Å². The first-order valence-corrected chi connectivity index (χ1v) is 6.38. The SMILES string of the molecule is CCOC(=O)C1CN(c2ccc(C)cc2)C(=O)C(=O)N1. The quantitative estimate of drug-likeness (QED) is 0.640. The molecule has 1 saturated heterocycles. The highest BCUT2D eigenvalue weighted by molar-refractivity contribution is 6.41. The van der Waals surface area contributed by atoms with Crippen LogP contribution in [0.5, 0.6) is 0 Å². The summed E-state index contributed by atoms with van der Waals surface area (Å²) in [4.78, 5) is 36.6. The van der Waals surface area contributed by atoms with Gasteiger partial charge in [0.05, 0.1) is 13.2 Å². The molecule has 0 aliphatic carbocycles. The Morgan fingerprint density at radius 2 is 2.00 bits per heavy atom. The number of hydrogen-bond acceptors (Lipinski definition) is 4. The second-order valence-corrected chi connectivity index (χ2v) is 4.53. The highest BCUT2D eigenvalue weighted by Crippen LogP contribution is 2.18. The Balaban J connectivity index is 2.22. The van der Waals surface area contributed by atoms with E-state index in [1.807, 2.05) is 19.1 Å². The highest BCUT2D eigenvalue weighted by Gasteiger charge is 2.37. The van der Waals surface area contributed by atoms with Crippen LogP contribution >= 0.6 is 0 Å². The molecule has 1 heterocycles. The Morgan fingerprint density at radius 3 is 2.60 bits per heavy atom. The molecular formula is C14H16N2O4. The van der Waals surface area contributed by atoms with Gasteiger partial charge in [-0.2, -0.15) is 0 Å². The first-order valence-electron chi connectivity index (χ1n) is 6.38. The third-order valence-electron chi connectivity index (χ3n) is 3.03. The lowest BCUT2D eigenvalue weighted by atomic mass is 10.1. The van der Waals surface area contributed by atoms with Gasteiger partial charge in [-0.1, -0.05) is 17.7 Å². The third-order valence-corrected chi connectivity index (χ3v) is 3.03. The number of carbonyl (C=O) groups excluding carboxylic acids is 3. The van der Waals surface area contributed by atoms with E-state index in [-0.39, 0.29) is 13.2 Å². The van der Waals surface area contributed by atoms with Crippen LogP contribution in [-0.2, 0) is 19.1 Å². The summed E-state index contributed by atoms with van der Waals surface area (Å²) >= 11 is 0. The summed E-state index contributed by atoms with van der Waals surface area (Å²) in [6, 6.07) is 6.34. The van der Waals surface area contributed by atoms with E-state index >= 15 is 0 Å². The normalized spacial score (nSPS) is 18.7. The molecule has 1 N–H and O–H groups in total. The summed E-state index contributed by atoms with van der Waals surface area (Å²) in [5, 5.41) is 2.36. The zero-order valence-corrected chi connectivity index (χ0v) is 11.4. The predicted molar refractivity (Wildman–Crippen MR) is 72.1 cm³/mol. The van der Waals surface area contributed by atoms with Crippen molar-refractivity contribution in [3.63, 3.8) is 0 Å². The number of anilines is 1. The monoisotopic (exact) mass is 276 g/mol. The topological polar surface area (TPSA) is 75.7 Å². The van der Waals surface area contributed by atoms with E-state index in [0.29, 0.717) is 5.69 Å². The Morgan fingerprint density at radius 1 is 1.35 bits per heavy atom. The molecule has 2 rings (SSSR count). The molecule has 0 bridgehead atoms. The van der Waals surface area contributed by atoms with Crippen LogP contribution in [0.2, 0.25) is 0 Å². The molecule has 1 aliphatic heterocycles. The van der Waals surface area contributed by atoms with E-state index in [1.165, 1.54) is 4.90 Å². The molecule has 106 valence electrons. The maximum Gasteiger partial charge on any atom is 0.330 e. The summed E-state index contributed by atoms with van der Waals surface area (Å²) in [5.41, 5.74) is 1.63. The molecule has 1 aliphatic rings. The van der Waals surface area contributed by atoms with Crippen molar-refractivity contribution in [2.24, 2.45) is 0 Å². The van der Waals surface area contributed by atoms with Gasteiger partial charge in [-0.15, -0.1) is 0 Å². The number of amides is 2. The Labute approximate surface area is 116 Å². The fourth-order valence-corrected chi connectivity index (χ4v) is 1.98. The summed E-state index contributed by atoms with van der Waals surface area (Å²) in [5.74, 6) is -2.00. The van der Waals surface area contributed by atoms with Crippen LogP contribution in [0.1, 0.15) is 12.5 Å². The Bertz CT molecular complexity index is 539. The molecule has 6 heteroatoms. The van der Waals surface area contributed by atoms with Crippen LogP contribution in [0, 0.1) is 6.92 Å². The molecule has 1 fully saturated rings. The molecule has 20 heavy (non-hydrogen) atoms. The van der Waals surface area contributed by atoms with E-state index < -0.39 is 23.8 Å². The van der Waals surface area contributed by atoms with Gasteiger partial charge in [-0.3, -0.25) is 9.59 Å². The molecule has 6 nitrogen and oxygen atoms in total. The number of ether oxygens (including phenoxy) is 1. The number of aryl methyl sites for hydroxylation is 1. The number of carbonyl (C=O) groups is 3. The maximum atomic E-state index is 11.9. The van der Waals surface area contributed by atoms with E-state index in [2.05, 4.69) is 5.32 Å². The number of rotatable bonds is 3. The Hall–Kier alpha value is -2.37. The summed E-state index contributed by atoms with van der Waals surface area (Å²) in [6.45, 7) is 3.91. The number of hydrogen-bond donors (Lipinski definition) is 1. The van der Waals surface area contributed by atoms with Crippen LogP contribution in [0.15, 0.2) is 24.3 Å². The van der Waals surface area contributed by atoms with Gasteiger partial charge in [0.1, 0.15) is 6.04 Å². The first-order chi connectivity index (χ1) is 9.52. The predicted octanol–water partition coefficient (Wildman–Crippen LogP) is 0.390. The van der Waals surface area contributed by atoms with E-state index in [9.17, 15) is 14.4 Å². The van der Waals surface area contributed by atoms with Crippen molar-refractivity contribution in [2.75, 3.05) is 18.1 Å². The second kappa shape index (κ2) is 5.73. The minimum absolute atomic E-state index is 0.0759. The molecule has 1 aromatic rings. The molecule has 1 atom stereocenters. The molecule has 0 radical (unpaired) electrons. The number of benzene rings is 1. The van der Waals surface area contributed by atoms with Crippen LogP contribution in [0.3, 0.4) is 0 Å². The minimum atomic E-state index is -0.832. The van der Waals surface area contributed by atoms with Gasteiger partial charge in [-0.05, 0) is 26.0 Å². The number of nitrogens with zero attached hydrogens (tertiary/aromatic N) is 1. The largest absolute Gasteiger partial charge is 0.464 e. The number of piperazine rings is 1. The van der Waals surface area contributed by atoms with E-state index in [1.54, 1.807) is 19.1 Å². The third kappa shape index (κ3) is 2.79. The summed E-state index contributed by atoms with van der Waals surface area (Å²) in [6.07, 6.45) is 0. The molecule has 1 aromatic carbocycles. The lowest BCUT2D eigenvalue weighted by Gasteiger charge is -2.31. The lowest BCUT2D eigenvalue weighted by Crippen LogP contribution is -2.60. The lowest BCUT2D eigenvalue weighted by molar-refractivity contribution is -0.149. The fraction of sp³-hybridized carbons (Fsp3) is 0.357. The van der Waals surface area contributed by atoms with Crippen LogP contribution in [0.25, 0.3) is 0 Å². The minimum Gasteiger partial charge on any atom is -0.464 e. The Kier molecular flexibility index (Phi) is 4.02. The van der Waals surface area contributed by atoms with E-state index in [0.717, 1.165) is 5.56 Å². The van der Waals surface area contributed by atoms with Crippen molar-refractivity contribution in [1.29, 1.82) is 0 Å². The van der Waals surface area contributed by atoms with Gasteiger partial charge in [-0.25, -0.2) is 4.79 Å². The summed E-state index contributed by atoms with van der Waals surface area (Å²) < 4.78 is 4.88. The van der Waals surface area contributed by atoms with Crippen molar-refractivity contribution >= 4 is 23.5 Å². The van der Waals surface area contributed by atoms with Crippen molar-refractivity contribution in [1.82, 2.24) is 5.32 Å². The molecule has 0 spiro atoms. The smallest absolute Gasteiger partial charge is 0.330 e. The second-order valence-electron chi connectivity index (χ2n) is 4.53. The molecule has 0 aromatic heterocycles. The average Bonchev–Trinajstić information content (AvgIpc) is 2.43. The van der Waals surface area contributed by atoms with Crippen molar-refractivity contribution in [3.05, 3.63) is 29.8 Å². The van der Waals surface area contributed by atoms with Gasteiger partial charge in [0.2, 0.25) is 0 Å². The van der Waals surface area contributed by atoms with Crippen molar-refractivity contribution in [2.45, 2.75) is 19.9 Å². The summed E-state index contributed by atoms with van der Waals surface area (Å²) in [7, 11) is 0. The average molecular weight is 276 g/mol. The first kappa shape index (κ1) is 14.0. The van der Waals surface area contributed by atoms with Crippen LogP contribution in [0.4, 0.5) is 5.69 Å². The number of nitrogens with one attached hydrogen (secondary N) is 1. The molecule has 1 unspecified atom stereocenters.